The molecule has 0 amide bonds. The minimum absolute atomic E-state index is 0.722. The fourth-order valence-corrected chi connectivity index (χ4v) is 1.13. The van der Waals surface area contributed by atoms with Gasteiger partial charge in [-0.1, -0.05) is 31.0 Å². The van der Waals surface area contributed by atoms with Crippen LogP contribution >= 0.6 is 11.6 Å². The monoisotopic (exact) mass is 190 g/mol. The van der Waals surface area contributed by atoms with E-state index >= 15 is 0 Å². The summed E-state index contributed by atoms with van der Waals surface area (Å²) in [5, 5.41) is 0. The van der Waals surface area contributed by atoms with Crippen molar-refractivity contribution >= 4 is 11.6 Å². The maximum atomic E-state index is 5.47. The molecule has 0 rings (SSSR count). The molecule has 0 aromatic rings. The number of nitrogens with two attached hydrogens (primary N) is 1. The molecule has 0 atom stereocenters. The summed E-state index contributed by atoms with van der Waals surface area (Å²) in [4.78, 5) is 2.31. The third-order valence-electron chi connectivity index (χ3n) is 1.73. The summed E-state index contributed by atoms with van der Waals surface area (Å²) in [6, 6.07) is 0. The molecule has 0 aliphatic carbocycles. The lowest BCUT2D eigenvalue weighted by molar-refractivity contribution is 0.305. The Hall–Kier alpha value is -0.0500. The van der Waals surface area contributed by atoms with Crippen LogP contribution in [0, 0.1) is 0 Å². The van der Waals surface area contributed by atoms with Crippen LogP contribution in [0.4, 0.5) is 0 Å². The Kier molecular flexibility index (Phi) is 9.00. The van der Waals surface area contributed by atoms with Crippen LogP contribution in [0.15, 0.2) is 11.6 Å². The minimum atomic E-state index is 0.722. The molecule has 0 saturated heterocycles. The van der Waals surface area contributed by atoms with Crippen molar-refractivity contribution in [2.45, 2.75) is 19.8 Å². The molecule has 2 nitrogen and oxygen atoms in total. The molecule has 3 heteroatoms. The van der Waals surface area contributed by atoms with E-state index in [1.165, 1.54) is 12.8 Å². The Bertz CT molecular complexity index is 115. The molecule has 0 aromatic carbocycles. The van der Waals surface area contributed by atoms with E-state index in [0.29, 0.717) is 0 Å². The fourth-order valence-electron chi connectivity index (χ4n) is 1.05. The Morgan fingerprint density at radius 3 is 2.67 bits per heavy atom. The second kappa shape index (κ2) is 9.04. The van der Waals surface area contributed by atoms with E-state index in [2.05, 4.69) is 11.8 Å². The first kappa shape index (κ1) is 11.9. The van der Waals surface area contributed by atoms with Gasteiger partial charge in [0.05, 0.1) is 0 Å². The van der Waals surface area contributed by atoms with E-state index in [9.17, 15) is 0 Å². The number of rotatable bonds is 7. The van der Waals surface area contributed by atoms with Crippen LogP contribution in [0.3, 0.4) is 0 Å². The maximum absolute atomic E-state index is 5.47. The fraction of sp³-hybridized carbons (Fsp3) is 0.778. The summed E-state index contributed by atoms with van der Waals surface area (Å²) in [5.41, 5.74) is 7.04. The second-order valence-electron chi connectivity index (χ2n) is 2.80. The minimum Gasteiger partial charge on any atom is -0.329 e. The Balaban J connectivity index is 3.53. The Morgan fingerprint density at radius 1 is 1.42 bits per heavy atom. The van der Waals surface area contributed by atoms with Crippen molar-refractivity contribution in [1.82, 2.24) is 4.90 Å². The van der Waals surface area contributed by atoms with E-state index in [4.69, 9.17) is 17.3 Å². The van der Waals surface area contributed by atoms with Gasteiger partial charge in [-0.3, -0.25) is 4.90 Å². The number of nitrogens with zero attached hydrogens (tertiary/aromatic N) is 1. The quantitative estimate of drug-likeness (QED) is 0.664. The van der Waals surface area contributed by atoms with Crippen molar-refractivity contribution in [2.75, 3.05) is 26.2 Å². The van der Waals surface area contributed by atoms with Crippen molar-refractivity contribution in [3.05, 3.63) is 11.6 Å². The highest BCUT2D eigenvalue weighted by Crippen LogP contribution is 1.94. The van der Waals surface area contributed by atoms with Gasteiger partial charge in [-0.05, 0) is 13.0 Å². The summed E-state index contributed by atoms with van der Waals surface area (Å²) in [5.74, 6) is 0. The molecule has 0 heterocycles. The van der Waals surface area contributed by atoms with Gasteiger partial charge >= 0.3 is 0 Å². The number of halogens is 1. The molecule has 0 unspecified atom stereocenters. The molecular weight excluding hydrogens is 172 g/mol. The highest BCUT2D eigenvalue weighted by molar-refractivity contribution is 6.25. The maximum Gasteiger partial charge on any atom is 0.0175 e. The van der Waals surface area contributed by atoms with Crippen LogP contribution in [-0.2, 0) is 0 Å². The number of hydrogen-bond donors (Lipinski definition) is 1. The van der Waals surface area contributed by atoms with Crippen molar-refractivity contribution in [3.63, 3.8) is 0 Å². The van der Waals surface area contributed by atoms with Gasteiger partial charge in [0.25, 0.3) is 0 Å². The SMILES string of the molecule is CCCCN(C/C=C/Cl)CCN. The van der Waals surface area contributed by atoms with E-state index in [0.717, 1.165) is 26.2 Å². The van der Waals surface area contributed by atoms with Gasteiger partial charge in [0, 0.05) is 25.2 Å². The van der Waals surface area contributed by atoms with Gasteiger partial charge in [-0.25, -0.2) is 0 Å². The molecule has 0 spiro atoms. The zero-order valence-corrected chi connectivity index (χ0v) is 8.56. The molecule has 12 heavy (non-hydrogen) atoms. The summed E-state index contributed by atoms with van der Waals surface area (Å²) < 4.78 is 0. The molecular formula is C9H19ClN2. The second-order valence-corrected chi connectivity index (χ2v) is 3.06. The van der Waals surface area contributed by atoms with Gasteiger partial charge in [0.15, 0.2) is 0 Å². The Morgan fingerprint density at radius 2 is 2.17 bits per heavy atom. The van der Waals surface area contributed by atoms with Gasteiger partial charge in [0.2, 0.25) is 0 Å². The molecule has 2 N–H and O–H groups in total. The average molecular weight is 191 g/mol. The molecule has 0 bridgehead atoms. The first-order chi connectivity index (χ1) is 5.85. The van der Waals surface area contributed by atoms with Gasteiger partial charge < -0.3 is 5.73 Å². The van der Waals surface area contributed by atoms with Gasteiger partial charge in [0.1, 0.15) is 0 Å². The predicted octanol–water partition coefficient (Wildman–Crippen LogP) is 1.80. The normalized spacial score (nSPS) is 11.7. The average Bonchev–Trinajstić information content (AvgIpc) is 2.10. The Labute approximate surface area is 80.4 Å². The van der Waals surface area contributed by atoms with Crippen LogP contribution in [-0.4, -0.2) is 31.1 Å². The van der Waals surface area contributed by atoms with Crippen molar-refractivity contribution in [2.24, 2.45) is 5.73 Å². The smallest absolute Gasteiger partial charge is 0.0175 e. The standard InChI is InChI=1S/C9H19ClN2/c1-2-3-7-12(9-6-11)8-4-5-10/h4-5H,2-3,6-9,11H2,1H3/b5-4+. The van der Waals surface area contributed by atoms with Crippen LogP contribution in [0.25, 0.3) is 0 Å². The molecule has 0 aliphatic heterocycles. The molecule has 0 fully saturated rings. The first-order valence-electron chi connectivity index (χ1n) is 4.52. The molecule has 72 valence electrons. The van der Waals surface area contributed by atoms with Crippen LogP contribution in [0.2, 0.25) is 0 Å². The first-order valence-corrected chi connectivity index (χ1v) is 4.96. The van der Waals surface area contributed by atoms with E-state index in [-0.39, 0.29) is 0 Å². The van der Waals surface area contributed by atoms with Crippen molar-refractivity contribution < 1.29 is 0 Å². The topological polar surface area (TPSA) is 29.3 Å². The van der Waals surface area contributed by atoms with Crippen molar-refractivity contribution in [3.8, 4) is 0 Å². The zero-order chi connectivity index (χ0) is 9.23. The van der Waals surface area contributed by atoms with Gasteiger partial charge in [-0.15, -0.1) is 0 Å². The number of hydrogen-bond acceptors (Lipinski definition) is 2. The largest absolute Gasteiger partial charge is 0.329 e. The van der Waals surface area contributed by atoms with Gasteiger partial charge in [-0.2, -0.15) is 0 Å². The number of unbranched alkanes of at least 4 members (excludes halogenated alkanes) is 1. The zero-order valence-electron chi connectivity index (χ0n) is 7.80. The van der Waals surface area contributed by atoms with Crippen LogP contribution in [0.5, 0.6) is 0 Å². The summed E-state index contributed by atoms with van der Waals surface area (Å²) in [6.07, 6.45) is 4.41. The van der Waals surface area contributed by atoms with Crippen LogP contribution in [0.1, 0.15) is 19.8 Å². The summed E-state index contributed by atoms with van der Waals surface area (Å²) in [7, 11) is 0. The third-order valence-corrected chi connectivity index (χ3v) is 1.90. The third kappa shape index (κ3) is 6.65. The molecule has 0 radical (unpaired) electrons. The van der Waals surface area contributed by atoms with E-state index < -0.39 is 0 Å². The van der Waals surface area contributed by atoms with Crippen molar-refractivity contribution in [1.29, 1.82) is 0 Å². The highest BCUT2D eigenvalue weighted by Gasteiger charge is 1.99. The lowest BCUT2D eigenvalue weighted by atomic mass is 10.3. The lowest BCUT2D eigenvalue weighted by Gasteiger charge is -2.18. The van der Waals surface area contributed by atoms with E-state index in [1.54, 1.807) is 5.54 Å². The molecule has 0 aromatic heterocycles. The molecule has 0 aliphatic rings. The highest BCUT2D eigenvalue weighted by atomic mass is 35.5. The summed E-state index contributed by atoms with van der Waals surface area (Å²) >= 11 is 5.44. The summed E-state index contributed by atoms with van der Waals surface area (Å²) in [6.45, 7) is 5.91. The lowest BCUT2D eigenvalue weighted by Crippen LogP contribution is -2.30. The predicted molar refractivity (Wildman–Crippen MR) is 55.4 cm³/mol. The van der Waals surface area contributed by atoms with E-state index in [1.807, 2.05) is 6.08 Å². The molecule has 0 saturated carbocycles. The van der Waals surface area contributed by atoms with Crippen LogP contribution < -0.4 is 5.73 Å².